The van der Waals surface area contributed by atoms with Gasteiger partial charge in [0.25, 0.3) is 5.91 Å². The average Bonchev–Trinajstić information content (AvgIpc) is 2.38. The van der Waals surface area contributed by atoms with E-state index in [0.717, 1.165) is 11.1 Å². The summed E-state index contributed by atoms with van der Waals surface area (Å²) >= 11 is 0. The summed E-state index contributed by atoms with van der Waals surface area (Å²) < 4.78 is 12.8. The van der Waals surface area contributed by atoms with Crippen LogP contribution in [0.5, 0.6) is 0 Å². The lowest BCUT2D eigenvalue weighted by Crippen LogP contribution is -2.22. The van der Waals surface area contributed by atoms with Crippen LogP contribution >= 0.6 is 0 Å². The van der Waals surface area contributed by atoms with E-state index in [-0.39, 0.29) is 11.4 Å². The van der Waals surface area contributed by atoms with Gasteiger partial charge >= 0.3 is 0 Å². The molecular weight excluding hydrogens is 233 g/mol. The third kappa shape index (κ3) is 2.43. The van der Waals surface area contributed by atoms with Crippen LogP contribution in [0.2, 0.25) is 0 Å². The van der Waals surface area contributed by atoms with Crippen molar-refractivity contribution in [2.75, 3.05) is 0 Å². The summed E-state index contributed by atoms with van der Waals surface area (Å²) in [6.07, 6.45) is 0. The van der Waals surface area contributed by atoms with Gasteiger partial charge in [-0.2, -0.15) is 0 Å². The van der Waals surface area contributed by atoms with E-state index < -0.39 is 11.7 Å². The number of Topliss-reactive ketones (excluding diaryl/α,β-unsaturated/α-hetero) is 1. The molecule has 0 aliphatic heterocycles. The van der Waals surface area contributed by atoms with Crippen molar-refractivity contribution in [1.82, 2.24) is 0 Å². The lowest BCUT2D eigenvalue weighted by Gasteiger charge is -2.03. The fourth-order valence-electron chi connectivity index (χ4n) is 1.62. The molecule has 0 radical (unpaired) electrons. The van der Waals surface area contributed by atoms with Gasteiger partial charge in [-0.3, -0.25) is 9.59 Å². The fraction of sp³-hybridized carbons (Fsp3) is 0. The second-order valence-electron chi connectivity index (χ2n) is 3.78. The summed E-state index contributed by atoms with van der Waals surface area (Å²) in [5.41, 5.74) is 6.65. The molecule has 2 N–H and O–H groups in total. The molecule has 0 unspecified atom stereocenters. The zero-order chi connectivity index (χ0) is 13.1. The van der Waals surface area contributed by atoms with Gasteiger partial charge in [0.05, 0.1) is 0 Å². The number of ketones is 1. The number of rotatable bonds is 3. The summed E-state index contributed by atoms with van der Waals surface area (Å²) in [7, 11) is 0. The minimum Gasteiger partial charge on any atom is -0.363 e. The molecule has 0 fully saturated rings. The van der Waals surface area contributed by atoms with Crippen molar-refractivity contribution in [2.45, 2.75) is 0 Å². The minimum atomic E-state index is -0.994. The number of carbonyl (C=O) groups is 2. The van der Waals surface area contributed by atoms with E-state index in [4.69, 9.17) is 5.73 Å². The first kappa shape index (κ1) is 12.0. The number of primary amides is 1. The highest BCUT2D eigenvalue weighted by Crippen LogP contribution is 2.20. The standard InChI is InChI=1S/C14H10FNO2/c15-12-6-4-9(5-7-12)10-2-1-3-11(8-10)13(17)14(16)18/h1-8H,(H2,16,18). The van der Waals surface area contributed by atoms with E-state index in [2.05, 4.69) is 0 Å². The quantitative estimate of drug-likeness (QED) is 0.663. The van der Waals surface area contributed by atoms with Gasteiger partial charge in [0.2, 0.25) is 5.78 Å². The summed E-state index contributed by atoms with van der Waals surface area (Å²) in [5, 5.41) is 0. The Morgan fingerprint density at radius 3 is 2.22 bits per heavy atom. The molecule has 0 bridgehead atoms. The summed E-state index contributed by atoms with van der Waals surface area (Å²) in [4.78, 5) is 22.3. The van der Waals surface area contributed by atoms with Crippen molar-refractivity contribution in [3.63, 3.8) is 0 Å². The molecule has 2 aromatic carbocycles. The molecule has 3 nitrogen and oxygen atoms in total. The Hall–Kier alpha value is -2.49. The molecule has 0 atom stereocenters. The second-order valence-corrected chi connectivity index (χ2v) is 3.78. The minimum absolute atomic E-state index is 0.226. The van der Waals surface area contributed by atoms with E-state index in [9.17, 15) is 14.0 Å². The fourth-order valence-corrected chi connectivity index (χ4v) is 1.62. The maximum atomic E-state index is 12.8. The molecule has 2 aromatic rings. The third-order valence-electron chi connectivity index (χ3n) is 2.53. The number of halogens is 1. The Morgan fingerprint density at radius 1 is 0.944 bits per heavy atom. The molecule has 0 spiro atoms. The van der Waals surface area contributed by atoms with E-state index >= 15 is 0 Å². The van der Waals surface area contributed by atoms with Crippen molar-refractivity contribution in [2.24, 2.45) is 5.73 Å². The van der Waals surface area contributed by atoms with E-state index in [1.807, 2.05) is 0 Å². The molecule has 0 heterocycles. The Labute approximate surface area is 103 Å². The number of benzene rings is 2. The number of hydrogen-bond donors (Lipinski definition) is 1. The molecule has 0 aliphatic rings. The van der Waals surface area contributed by atoms with Crippen LogP contribution in [0, 0.1) is 5.82 Å². The Kier molecular flexibility index (Phi) is 3.19. The molecule has 18 heavy (non-hydrogen) atoms. The van der Waals surface area contributed by atoms with Crippen molar-refractivity contribution in [3.8, 4) is 11.1 Å². The van der Waals surface area contributed by atoms with Crippen LogP contribution in [0.15, 0.2) is 48.5 Å². The van der Waals surface area contributed by atoms with Gasteiger partial charge in [0.1, 0.15) is 5.82 Å². The molecule has 0 aliphatic carbocycles. The zero-order valence-corrected chi connectivity index (χ0v) is 9.39. The maximum absolute atomic E-state index is 12.8. The Morgan fingerprint density at radius 2 is 1.61 bits per heavy atom. The number of nitrogens with two attached hydrogens (primary N) is 1. The van der Waals surface area contributed by atoms with Crippen LogP contribution in [0.4, 0.5) is 4.39 Å². The zero-order valence-electron chi connectivity index (χ0n) is 9.39. The molecule has 0 saturated heterocycles. The summed E-state index contributed by atoms with van der Waals surface area (Å²) in [6.45, 7) is 0. The molecule has 1 amide bonds. The van der Waals surface area contributed by atoms with Gasteiger partial charge in [0.15, 0.2) is 0 Å². The summed E-state index contributed by atoms with van der Waals surface area (Å²) in [5.74, 6) is -2.06. The first-order chi connectivity index (χ1) is 8.58. The van der Waals surface area contributed by atoms with Gasteiger partial charge in [0, 0.05) is 5.56 Å². The van der Waals surface area contributed by atoms with E-state index in [1.165, 1.54) is 18.2 Å². The van der Waals surface area contributed by atoms with Crippen molar-refractivity contribution >= 4 is 11.7 Å². The Bertz CT molecular complexity index is 605. The van der Waals surface area contributed by atoms with Crippen LogP contribution in [0.3, 0.4) is 0 Å². The lowest BCUT2D eigenvalue weighted by atomic mass is 10.0. The molecular formula is C14H10FNO2. The molecule has 0 saturated carbocycles. The third-order valence-corrected chi connectivity index (χ3v) is 2.53. The highest BCUT2D eigenvalue weighted by molar-refractivity contribution is 6.42. The first-order valence-electron chi connectivity index (χ1n) is 5.28. The Balaban J connectivity index is 2.41. The molecule has 4 heteroatoms. The SMILES string of the molecule is NC(=O)C(=O)c1cccc(-c2ccc(F)cc2)c1. The first-order valence-corrected chi connectivity index (χ1v) is 5.28. The number of hydrogen-bond acceptors (Lipinski definition) is 2. The highest BCUT2D eigenvalue weighted by Gasteiger charge is 2.12. The van der Waals surface area contributed by atoms with Gasteiger partial charge in [-0.15, -0.1) is 0 Å². The van der Waals surface area contributed by atoms with Gasteiger partial charge in [-0.05, 0) is 29.3 Å². The van der Waals surface area contributed by atoms with Crippen LogP contribution in [0.25, 0.3) is 11.1 Å². The normalized spacial score (nSPS) is 10.1. The van der Waals surface area contributed by atoms with Crippen LogP contribution in [-0.2, 0) is 4.79 Å². The second kappa shape index (κ2) is 4.79. The van der Waals surface area contributed by atoms with Gasteiger partial charge in [-0.1, -0.05) is 30.3 Å². The highest BCUT2D eigenvalue weighted by atomic mass is 19.1. The predicted octanol–water partition coefficient (Wildman–Crippen LogP) is 2.16. The van der Waals surface area contributed by atoms with Gasteiger partial charge < -0.3 is 5.73 Å². The van der Waals surface area contributed by atoms with Crippen LogP contribution in [-0.4, -0.2) is 11.7 Å². The van der Waals surface area contributed by atoms with Crippen molar-refractivity contribution < 1.29 is 14.0 Å². The summed E-state index contributed by atoms with van der Waals surface area (Å²) in [6, 6.07) is 12.3. The maximum Gasteiger partial charge on any atom is 0.289 e. The van der Waals surface area contributed by atoms with Crippen molar-refractivity contribution in [3.05, 3.63) is 59.9 Å². The van der Waals surface area contributed by atoms with Gasteiger partial charge in [-0.25, -0.2) is 4.39 Å². The number of amides is 1. The molecule has 2 rings (SSSR count). The topological polar surface area (TPSA) is 60.2 Å². The van der Waals surface area contributed by atoms with Crippen molar-refractivity contribution in [1.29, 1.82) is 0 Å². The smallest absolute Gasteiger partial charge is 0.289 e. The monoisotopic (exact) mass is 243 g/mol. The van der Waals surface area contributed by atoms with Crippen LogP contribution in [0.1, 0.15) is 10.4 Å². The average molecular weight is 243 g/mol. The van der Waals surface area contributed by atoms with E-state index in [0.29, 0.717) is 0 Å². The van der Waals surface area contributed by atoms with E-state index in [1.54, 1.807) is 30.3 Å². The predicted molar refractivity (Wildman–Crippen MR) is 65.4 cm³/mol. The molecule has 0 aromatic heterocycles. The van der Waals surface area contributed by atoms with Crippen LogP contribution < -0.4 is 5.73 Å². The number of carbonyl (C=O) groups excluding carboxylic acids is 2. The molecule has 90 valence electrons. The lowest BCUT2D eigenvalue weighted by molar-refractivity contribution is -0.114. The largest absolute Gasteiger partial charge is 0.363 e.